The minimum atomic E-state index is -0.835. The Morgan fingerprint density at radius 3 is 1.03 bits per heavy atom. The van der Waals surface area contributed by atoms with E-state index >= 15 is 0 Å². The summed E-state index contributed by atoms with van der Waals surface area (Å²) in [5, 5.41) is 19.5. The predicted octanol–water partition coefficient (Wildman–Crippen LogP) is 11.3. The highest BCUT2D eigenvalue weighted by Crippen LogP contribution is 2.37. The third kappa shape index (κ3) is 26.4. The van der Waals surface area contributed by atoms with E-state index < -0.39 is 5.60 Å². The number of nitrogens with zero attached hydrogens (tertiary/aromatic N) is 16. The Morgan fingerprint density at radius 1 is 0.403 bits per heavy atom. The fourth-order valence-corrected chi connectivity index (χ4v) is 18.1. The summed E-state index contributed by atoms with van der Waals surface area (Å²) in [5.41, 5.74) is 36.6. The molecule has 30 heteroatoms. The lowest BCUT2D eigenvalue weighted by Crippen LogP contribution is -2.37. The molecule has 0 amide bonds. The molecule has 4 aromatic heterocycles. The largest absolute Gasteiger partial charge is 0.463 e. The Labute approximate surface area is 734 Å². The molecule has 4 saturated heterocycles. The summed E-state index contributed by atoms with van der Waals surface area (Å²) in [6, 6.07) is 35.1. The molecule has 0 radical (unpaired) electrons. The molecule has 0 bridgehead atoms. The molecule has 4 aromatic carbocycles. The quantitative estimate of drug-likeness (QED) is 0.0126. The third-order valence-corrected chi connectivity index (χ3v) is 24.6. The van der Waals surface area contributed by atoms with Crippen LogP contribution in [-0.2, 0) is 97.2 Å². The SMILES string of the molecule is CC(C)(O)CCOc1nc(N)c2c(n1)N(Cc1cccc(CN3CCCC3)c1)CC(=O)C2.CCC(CC)Oc1nc(N)c2c(n1)N(Cc1cccc(CN3CCCC3)c1)CC(=O)C2.CCCCSc1nc(N)c2c(n1)N(Cc1cccc(CN3CCCC3)c1)CC(=O)C2.Nc1nc(OCCCCO)nc2c1CC(=O)CN2Cc1cccc(CN2CCCC2)c1. The number of anilines is 8. The number of hydrogen-bond acceptors (Lipinski definition) is 30. The second kappa shape index (κ2) is 44.6. The van der Waals surface area contributed by atoms with E-state index in [1.807, 2.05) is 14.7 Å². The number of likely N-dealkylation sites (tertiary alicyclic amines) is 4. The molecule has 124 heavy (non-hydrogen) atoms. The van der Waals surface area contributed by atoms with Gasteiger partial charge < -0.3 is 67.0 Å². The molecule has 16 rings (SSSR count). The number of carbonyl (C=O) groups excluding carboxylic acids is 4. The number of nitrogen functional groups attached to an aromatic ring is 4. The van der Waals surface area contributed by atoms with Crippen molar-refractivity contribution in [3.8, 4) is 18.0 Å². The first kappa shape index (κ1) is 91.5. The van der Waals surface area contributed by atoms with E-state index in [1.54, 1.807) is 25.6 Å². The molecule has 29 nitrogen and oxygen atoms in total. The summed E-state index contributed by atoms with van der Waals surface area (Å²) in [6.45, 7) is 27.5. The van der Waals surface area contributed by atoms with Crippen LogP contribution in [0, 0.1) is 0 Å². The number of ketones is 4. The number of aliphatic hydroxyl groups is 2. The van der Waals surface area contributed by atoms with Crippen LogP contribution in [-0.4, -0.2) is 209 Å². The van der Waals surface area contributed by atoms with Crippen LogP contribution in [0.25, 0.3) is 0 Å². The molecule has 8 aromatic rings. The van der Waals surface area contributed by atoms with Crippen molar-refractivity contribution in [1.82, 2.24) is 59.5 Å². The number of aliphatic hydroxyl groups excluding tert-OH is 1. The van der Waals surface area contributed by atoms with Gasteiger partial charge in [-0.3, -0.25) is 38.8 Å². The summed E-state index contributed by atoms with van der Waals surface area (Å²) in [4.78, 5) is 103. The number of fused-ring (bicyclic) bond motifs is 4. The summed E-state index contributed by atoms with van der Waals surface area (Å²) in [5.74, 6) is 5.69. The molecule has 10 N–H and O–H groups in total. The van der Waals surface area contributed by atoms with Crippen molar-refractivity contribution in [1.29, 1.82) is 0 Å². The van der Waals surface area contributed by atoms with Crippen LogP contribution >= 0.6 is 11.8 Å². The van der Waals surface area contributed by atoms with Gasteiger partial charge in [0.2, 0.25) is 0 Å². The number of unbranched alkanes of at least 4 members (excludes halogenated alkanes) is 2. The minimum absolute atomic E-state index is 0.0541. The number of benzene rings is 4. The lowest BCUT2D eigenvalue weighted by Gasteiger charge is -2.30. The Hall–Kier alpha value is -10.2. The Kier molecular flexibility index (Phi) is 32.9. The van der Waals surface area contributed by atoms with Gasteiger partial charge in [-0.1, -0.05) is 136 Å². The molecule has 4 fully saturated rings. The average Bonchev–Trinajstić information content (AvgIpc) is 0.902. The molecular weight excluding hydrogens is 1590 g/mol. The number of rotatable bonds is 33. The summed E-state index contributed by atoms with van der Waals surface area (Å²) in [7, 11) is 0. The zero-order valence-electron chi connectivity index (χ0n) is 73.3. The van der Waals surface area contributed by atoms with E-state index in [1.165, 1.54) is 105 Å². The van der Waals surface area contributed by atoms with E-state index in [9.17, 15) is 24.3 Å². The first-order chi connectivity index (χ1) is 60.1. The van der Waals surface area contributed by atoms with Gasteiger partial charge in [0, 0.05) is 119 Å². The van der Waals surface area contributed by atoms with Gasteiger partial charge in [0.1, 0.15) is 52.6 Å². The zero-order chi connectivity index (χ0) is 87.1. The summed E-state index contributed by atoms with van der Waals surface area (Å²) >= 11 is 1.64. The number of Topliss-reactive ketones (excluding diaryl/α,β-unsaturated/α-hetero) is 4. The molecule has 8 aliphatic heterocycles. The van der Waals surface area contributed by atoms with Crippen molar-refractivity contribution in [3.63, 3.8) is 0 Å². The van der Waals surface area contributed by atoms with Gasteiger partial charge in [0.05, 0.1) is 45.0 Å². The fraction of sp³-hybridized carbons (Fsp3) is 0.532. The first-order valence-corrected chi connectivity index (χ1v) is 45.9. The molecule has 0 saturated carbocycles. The van der Waals surface area contributed by atoms with Crippen LogP contribution in [0.15, 0.2) is 102 Å². The highest BCUT2D eigenvalue weighted by Gasteiger charge is 2.34. The van der Waals surface area contributed by atoms with Crippen molar-refractivity contribution in [2.75, 3.05) is 147 Å². The van der Waals surface area contributed by atoms with E-state index in [0.717, 1.165) is 118 Å². The zero-order valence-corrected chi connectivity index (χ0v) is 74.2. The molecule has 12 heterocycles. The maximum atomic E-state index is 12.4. The highest BCUT2D eigenvalue weighted by molar-refractivity contribution is 7.99. The lowest BCUT2D eigenvalue weighted by atomic mass is 10.0. The Balaban J connectivity index is 0.000000142. The molecular formula is C94H128N20O9S. The van der Waals surface area contributed by atoms with Gasteiger partial charge in [-0.05, 0) is 194 Å². The van der Waals surface area contributed by atoms with Gasteiger partial charge in [-0.2, -0.15) is 29.9 Å². The van der Waals surface area contributed by atoms with Crippen molar-refractivity contribution in [3.05, 3.63) is 164 Å². The fourth-order valence-electron chi connectivity index (χ4n) is 17.2. The summed E-state index contributed by atoms with van der Waals surface area (Å²) in [6.07, 6.45) is 17.2. The van der Waals surface area contributed by atoms with E-state index in [0.29, 0.717) is 135 Å². The molecule has 0 unspecified atom stereocenters. The predicted molar refractivity (Wildman–Crippen MR) is 487 cm³/mol. The van der Waals surface area contributed by atoms with Crippen LogP contribution in [0.3, 0.4) is 0 Å². The number of ether oxygens (including phenoxy) is 3. The normalized spacial score (nSPS) is 16.8. The monoisotopic (exact) mass is 1710 g/mol. The summed E-state index contributed by atoms with van der Waals surface area (Å²) < 4.78 is 17.3. The van der Waals surface area contributed by atoms with Crippen molar-refractivity contribution >= 4 is 81.4 Å². The lowest BCUT2D eigenvalue weighted by molar-refractivity contribution is -0.118. The molecule has 664 valence electrons. The minimum Gasteiger partial charge on any atom is -0.463 e. The number of aromatic nitrogens is 8. The van der Waals surface area contributed by atoms with Gasteiger partial charge in [-0.25, -0.2) is 9.97 Å². The number of nitrogens with two attached hydrogens (primary N) is 4. The molecule has 0 aliphatic carbocycles. The van der Waals surface area contributed by atoms with Gasteiger partial charge in [0.25, 0.3) is 0 Å². The smallest absolute Gasteiger partial charge is 0.320 e. The number of hydrogen-bond donors (Lipinski definition) is 6. The first-order valence-electron chi connectivity index (χ1n) is 44.9. The standard InChI is InChI=1S/C24H33N5O3.C24H33N5O2.C23H31N5O3.C23H31N5OS/c1-24(2,31)8-11-32-23-26-21(25)20-13-19(30)16-29(22(20)27-23)15-18-7-5-6-17(12-18)14-28-9-3-4-10-28;1-3-20(4-2)31-24-26-22(25)21-13-19(30)16-29(23(21)27-24)15-18-9-7-8-17(12-18)14-28-10-5-6-11-28;24-21-20-13-19(30)16-28(22(20)26-23(25-21)31-11-4-3-10-29)15-18-7-5-6-17(12-18)14-27-8-1-2-9-27;1-2-3-11-30-23-25-21(24)20-13-19(29)16-28(22(20)26-23)15-18-8-6-7-17(12-18)14-27-9-4-5-10-27/h5-7,12,31H,3-4,8-11,13-16H2,1-2H3,(H2,25,26,27);7-9,12,20H,3-6,10-11,13-16H2,1-2H3,(H2,25,26,27);5-7,12,29H,1-4,8-11,13-16H2,(H2,24,25,26);6-8,12H,2-5,9-11,13-16H2,1H3,(H2,24,25,26). The number of thioether (sulfide) groups is 1. The van der Waals surface area contributed by atoms with Gasteiger partial charge >= 0.3 is 18.0 Å². The Morgan fingerprint density at radius 2 is 0.710 bits per heavy atom. The number of carbonyl (C=O) groups is 4. The van der Waals surface area contributed by atoms with E-state index in [4.69, 9.17) is 47.2 Å². The maximum Gasteiger partial charge on any atom is 0.320 e. The van der Waals surface area contributed by atoms with Crippen molar-refractivity contribution in [2.24, 2.45) is 0 Å². The van der Waals surface area contributed by atoms with Gasteiger partial charge in [0.15, 0.2) is 28.3 Å². The van der Waals surface area contributed by atoms with Crippen LogP contribution in [0.2, 0.25) is 0 Å². The molecule has 0 spiro atoms. The average molecular weight is 1710 g/mol. The van der Waals surface area contributed by atoms with Crippen LogP contribution in [0.1, 0.15) is 198 Å². The van der Waals surface area contributed by atoms with Crippen LogP contribution in [0.5, 0.6) is 18.0 Å². The van der Waals surface area contributed by atoms with Gasteiger partial charge in [-0.15, -0.1) is 0 Å². The topological polar surface area (TPSA) is 370 Å². The second-order valence-electron chi connectivity index (χ2n) is 34.7. The highest BCUT2D eigenvalue weighted by atomic mass is 32.2. The van der Waals surface area contributed by atoms with Crippen molar-refractivity contribution < 1.29 is 43.6 Å². The van der Waals surface area contributed by atoms with Crippen molar-refractivity contribution in [2.45, 2.75) is 226 Å². The van der Waals surface area contributed by atoms with Crippen LogP contribution < -0.4 is 56.7 Å². The maximum absolute atomic E-state index is 12.4. The Bertz CT molecular complexity index is 4910. The van der Waals surface area contributed by atoms with E-state index in [-0.39, 0.29) is 86.1 Å². The molecule has 0 atom stereocenters. The molecule has 8 aliphatic rings. The van der Waals surface area contributed by atoms with E-state index in [2.05, 4.69) is 177 Å². The van der Waals surface area contributed by atoms with Crippen LogP contribution in [0.4, 0.5) is 46.5 Å². The second-order valence-corrected chi connectivity index (χ2v) is 35.8. The third-order valence-electron chi connectivity index (χ3n) is 23.7.